The van der Waals surface area contributed by atoms with E-state index in [1.807, 2.05) is 24.3 Å². The first kappa shape index (κ1) is 11.9. The monoisotopic (exact) mass is 275 g/mol. The maximum absolute atomic E-state index is 12.3. The lowest BCUT2D eigenvalue weighted by atomic mass is 9.85. The summed E-state index contributed by atoms with van der Waals surface area (Å²) in [5.41, 5.74) is 1.50. The van der Waals surface area contributed by atoms with E-state index < -0.39 is 12.2 Å². The Labute approximate surface area is 115 Å². The summed E-state index contributed by atoms with van der Waals surface area (Å²) in [5, 5.41) is 4.09. The first-order valence-corrected chi connectivity index (χ1v) is 6.47. The number of ether oxygens (including phenoxy) is 3. The van der Waals surface area contributed by atoms with Gasteiger partial charge in [-0.1, -0.05) is 5.16 Å². The van der Waals surface area contributed by atoms with E-state index in [1.54, 1.807) is 7.11 Å². The molecular formula is C14H13NO5. The standard InChI is InChI=1S/C14H13NO5/c1-17-8-4-2-7(3-5-8)11-10-12(16)14-18-6-9(19-14)13(10)20-15-11/h2-5,9-10,13-14H,6H2,1H3. The second-order valence-electron chi connectivity index (χ2n) is 4.99. The van der Waals surface area contributed by atoms with Crippen LogP contribution in [0.1, 0.15) is 5.56 Å². The van der Waals surface area contributed by atoms with Gasteiger partial charge in [0.15, 0.2) is 6.10 Å². The van der Waals surface area contributed by atoms with Crippen molar-refractivity contribution in [2.45, 2.75) is 18.5 Å². The molecule has 0 aliphatic carbocycles. The Morgan fingerprint density at radius 3 is 2.85 bits per heavy atom. The van der Waals surface area contributed by atoms with Crippen molar-refractivity contribution in [1.29, 1.82) is 0 Å². The van der Waals surface area contributed by atoms with Gasteiger partial charge in [0.25, 0.3) is 0 Å². The number of oxime groups is 1. The van der Waals surface area contributed by atoms with Crippen LogP contribution in [0.2, 0.25) is 0 Å². The lowest BCUT2D eigenvalue weighted by molar-refractivity contribution is -0.169. The molecule has 0 aromatic heterocycles. The Bertz CT molecular complexity index is 582. The van der Waals surface area contributed by atoms with Crippen LogP contribution in [0.5, 0.6) is 5.75 Å². The molecule has 6 nitrogen and oxygen atoms in total. The van der Waals surface area contributed by atoms with Gasteiger partial charge in [-0.15, -0.1) is 0 Å². The van der Waals surface area contributed by atoms with E-state index >= 15 is 0 Å². The van der Waals surface area contributed by atoms with Gasteiger partial charge in [0.2, 0.25) is 12.1 Å². The van der Waals surface area contributed by atoms with Gasteiger partial charge in [0, 0.05) is 5.56 Å². The molecular weight excluding hydrogens is 262 g/mol. The molecule has 3 aliphatic heterocycles. The molecule has 0 spiro atoms. The Kier molecular flexibility index (Phi) is 2.55. The summed E-state index contributed by atoms with van der Waals surface area (Å²) in [7, 11) is 1.61. The average Bonchev–Trinajstić information content (AvgIpc) is 3.11. The van der Waals surface area contributed by atoms with E-state index in [1.165, 1.54) is 0 Å². The lowest BCUT2D eigenvalue weighted by Gasteiger charge is -2.27. The summed E-state index contributed by atoms with van der Waals surface area (Å²) in [6.07, 6.45) is -1.37. The molecule has 2 bridgehead atoms. The Morgan fingerprint density at radius 1 is 1.30 bits per heavy atom. The highest BCUT2D eigenvalue weighted by Crippen LogP contribution is 2.37. The Balaban J connectivity index is 1.67. The smallest absolute Gasteiger partial charge is 0.219 e. The molecule has 3 heterocycles. The zero-order valence-electron chi connectivity index (χ0n) is 10.8. The molecule has 104 valence electrons. The Morgan fingerprint density at radius 2 is 2.10 bits per heavy atom. The minimum absolute atomic E-state index is 0.115. The number of methoxy groups -OCH3 is 1. The van der Waals surface area contributed by atoms with Gasteiger partial charge in [0.1, 0.15) is 23.5 Å². The number of nitrogens with zero attached hydrogens (tertiary/aromatic N) is 1. The van der Waals surface area contributed by atoms with E-state index in [0.717, 1.165) is 11.3 Å². The van der Waals surface area contributed by atoms with E-state index in [2.05, 4.69) is 5.16 Å². The van der Waals surface area contributed by atoms with Crippen LogP contribution in [0.15, 0.2) is 29.4 Å². The van der Waals surface area contributed by atoms with Crippen molar-refractivity contribution in [3.05, 3.63) is 29.8 Å². The molecule has 3 aliphatic rings. The predicted molar refractivity (Wildman–Crippen MR) is 67.5 cm³/mol. The summed E-state index contributed by atoms with van der Waals surface area (Å²) in [5.74, 6) is 0.233. The van der Waals surface area contributed by atoms with Crippen molar-refractivity contribution in [2.24, 2.45) is 11.1 Å². The number of hydrogen-bond acceptors (Lipinski definition) is 6. The van der Waals surface area contributed by atoms with Crippen LogP contribution in [0, 0.1) is 5.92 Å². The quantitative estimate of drug-likeness (QED) is 0.796. The molecule has 4 rings (SSSR count). The molecule has 2 saturated heterocycles. The highest BCUT2D eigenvalue weighted by atomic mass is 16.7. The molecule has 0 N–H and O–H groups in total. The van der Waals surface area contributed by atoms with Crippen LogP contribution >= 0.6 is 0 Å². The maximum atomic E-state index is 12.3. The van der Waals surface area contributed by atoms with Crippen LogP contribution in [0.4, 0.5) is 0 Å². The molecule has 1 aromatic carbocycles. The summed E-state index contributed by atoms with van der Waals surface area (Å²) in [4.78, 5) is 17.7. The number of fused-ring (bicyclic) bond motifs is 4. The minimum Gasteiger partial charge on any atom is -0.497 e. The van der Waals surface area contributed by atoms with Crippen LogP contribution in [0.25, 0.3) is 0 Å². The summed E-state index contributed by atoms with van der Waals surface area (Å²) in [6.45, 7) is 0.378. The molecule has 0 amide bonds. The molecule has 4 unspecified atom stereocenters. The highest BCUT2D eigenvalue weighted by molar-refractivity contribution is 6.15. The van der Waals surface area contributed by atoms with Gasteiger partial charge in [-0.05, 0) is 24.3 Å². The van der Waals surface area contributed by atoms with Gasteiger partial charge in [-0.2, -0.15) is 0 Å². The van der Waals surface area contributed by atoms with Crippen molar-refractivity contribution in [3.8, 4) is 5.75 Å². The van der Waals surface area contributed by atoms with Crippen LogP contribution in [0.3, 0.4) is 0 Å². The number of carbonyl (C=O) groups excluding carboxylic acids is 1. The molecule has 4 atom stereocenters. The zero-order valence-corrected chi connectivity index (χ0v) is 10.8. The van der Waals surface area contributed by atoms with Crippen molar-refractivity contribution < 1.29 is 23.8 Å². The lowest BCUT2D eigenvalue weighted by Crippen LogP contribution is -2.48. The van der Waals surface area contributed by atoms with Crippen LogP contribution < -0.4 is 4.74 Å². The number of hydrogen-bond donors (Lipinski definition) is 0. The number of Topliss-reactive ketones (excluding diaryl/α,β-unsaturated/α-hetero) is 1. The molecule has 20 heavy (non-hydrogen) atoms. The molecule has 2 fully saturated rings. The average molecular weight is 275 g/mol. The van der Waals surface area contributed by atoms with E-state index in [9.17, 15) is 4.79 Å². The maximum Gasteiger partial charge on any atom is 0.219 e. The fourth-order valence-corrected chi connectivity index (χ4v) is 2.85. The van der Waals surface area contributed by atoms with Gasteiger partial charge >= 0.3 is 0 Å². The van der Waals surface area contributed by atoms with E-state index in [-0.39, 0.29) is 18.0 Å². The Hall–Kier alpha value is -1.92. The van der Waals surface area contributed by atoms with Crippen molar-refractivity contribution in [2.75, 3.05) is 13.7 Å². The van der Waals surface area contributed by atoms with Crippen LogP contribution in [-0.4, -0.2) is 43.7 Å². The summed E-state index contributed by atoms with van der Waals surface area (Å²) in [6, 6.07) is 7.41. The topological polar surface area (TPSA) is 66.3 Å². The van der Waals surface area contributed by atoms with E-state index in [4.69, 9.17) is 19.0 Å². The van der Waals surface area contributed by atoms with Gasteiger partial charge in [0.05, 0.1) is 13.7 Å². The van der Waals surface area contributed by atoms with Crippen LogP contribution in [-0.2, 0) is 19.1 Å². The largest absolute Gasteiger partial charge is 0.497 e. The fraction of sp³-hybridized carbons (Fsp3) is 0.429. The normalized spacial score (nSPS) is 34.5. The minimum atomic E-state index is -0.772. The summed E-state index contributed by atoms with van der Waals surface area (Å²) >= 11 is 0. The van der Waals surface area contributed by atoms with Gasteiger partial charge in [-0.25, -0.2) is 0 Å². The zero-order chi connectivity index (χ0) is 13.7. The first-order chi connectivity index (χ1) is 9.78. The molecule has 0 saturated carbocycles. The number of benzene rings is 1. The van der Waals surface area contributed by atoms with Crippen molar-refractivity contribution in [3.63, 3.8) is 0 Å². The highest BCUT2D eigenvalue weighted by Gasteiger charge is 2.56. The number of rotatable bonds is 2. The number of carbonyl (C=O) groups is 1. The third-order valence-electron chi connectivity index (χ3n) is 3.90. The van der Waals surface area contributed by atoms with Crippen molar-refractivity contribution >= 4 is 11.5 Å². The van der Waals surface area contributed by atoms with Gasteiger partial charge in [-0.3, -0.25) is 4.79 Å². The third-order valence-corrected chi connectivity index (χ3v) is 3.90. The SMILES string of the molecule is COc1ccc(C2=NOC3C4COC(O4)C(=O)C23)cc1. The van der Waals surface area contributed by atoms with E-state index in [0.29, 0.717) is 12.3 Å². The fourth-order valence-electron chi connectivity index (χ4n) is 2.85. The molecule has 6 heteroatoms. The third kappa shape index (κ3) is 1.58. The summed E-state index contributed by atoms with van der Waals surface area (Å²) < 4.78 is 15.9. The predicted octanol–water partition coefficient (Wildman–Crippen LogP) is 0.738. The van der Waals surface area contributed by atoms with Gasteiger partial charge < -0.3 is 19.0 Å². The second-order valence-corrected chi connectivity index (χ2v) is 4.99. The molecule has 0 radical (unpaired) electrons. The number of ketones is 1. The van der Waals surface area contributed by atoms with Crippen molar-refractivity contribution in [1.82, 2.24) is 0 Å². The first-order valence-electron chi connectivity index (χ1n) is 6.47. The molecule has 1 aromatic rings. The second kappa shape index (κ2) is 4.29.